The quantitative estimate of drug-likeness (QED) is 0.857. The van der Waals surface area contributed by atoms with Crippen LogP contribution in [0.4, 0.5) is 17.6 Å². The van der Waals surface area contributed by atoms with Crippen LogP contribution in [0.25, 0.3) is 0 Å². The van der Waals surface area contributed by atoms with Crippen molar-refractivity contribution in [1.29, 1.82) is 0 Å². The first kappa shape index (κ1) is 17.4. The highest BCUT2D eigenvalue weighted by Gasteiger charge is 2.39. The van der Waals surface area contributed by atoms with Gasteiger partial charge < -0.3 is 5.11 Å². The third-order valence-corrected chi connectivity index (χ3v) is 3.47. The highest BCUT2D eigenvalue weighted by Crippen LogP contribution is 2.29. The molecule has 0 aliphatic rings. The second-order valence-electron chi connectivity index (χ2n) is 5.24. The van der Waals surface area contributed by atoms with Gasteiger partial charge in [0.05, 0.1) is 6.04 Å². The third kappa shape index (κ3) is 4.49. The zero-order chi connectivity index (χ0) is 17.0. The van der Waals surface area contributed by atoms with Crippen LogP contribution in [-0.2, 0) is 0 Å². The number of rotatable bonds is 5. The van der Waals surface area contributed by atoms with E-state index in [0.29, 0.717) is 11.1 Å². The van der Waals surface area contributed by atoms with Gasteiger partial charge >= 0.3 is 6.18 Å². The van der Waals surface area contributed by atoms with Crippen molar-refractivity contribution in [1.82, 2.24) is 9.88 Å². The molecule has 0 radical (unpaired) electrons. The molecule has 0 saturated heterocycles. The van der Waals surface area contributed by atoms with E-state index in [-0.39, 0.29) is 0 Å². The first-order valence-electron chi connectivity index (χ1n) is 6.89. The fraction of sp³-hybridized carbons (Fsp3) is 0.312. The summed E-state index contributed by atoms with van der Waals surface area (Å²) in [6.45, 7) is -0.611. The van der Waals surface area contributed by atoms with E-state index < -0.39 is 30.7 Å². The van der Waals surface area contributed by atoms with Crippen LogP contribution in [0.5, 0.6) is 0 Å². The summed E-state index contributed by atoms with van der Waals surface area (Å²) in [4.78, 5) is 5.34. The molecule has 124 valence electrons. The number of nitrogens with zero attached hydrogens (tertiary/aromatic N) is 2. The Morgan fingerprint density at radius 1 is 1.13 bits per heavy atom. The fourth-order valence-electron chi connectivity index (χ4n) is 2.37. The van der Waals surface area contributed by atoms with E-state index in [0.717, 1.165) is 0 Å². The number of aliphatic hydroxyl groups is 1. The number of aliphatic hydroxyl groups excluding tert-OH is 1. The first-order valence-corrected chi connectivity index (χ1v) is 6.89. The van der Waals surface area contributed by atoms with Crippen molar-refractivity contribution in [2.45, 2.75) is 18.3 Å². The monoisotopic (exact) mass is 328 g/mol. The van der Waals surface area contributed by atoms with Gasteiger partial charge in [0.15, 0.2) is 6.10 Å². The van der Waals surface area contributed by atoms with Gasteiger partial charge in [-0.05, 0) is 36.4 Å². The number of likely N-dealkylation sites (N-methyl/N-ethyl adjacent to an activating group) is 1. The second-order valence-corrected chi connectivity index (χ2v) is 5.24. The zero-order valence-corrected chi connectivity index (χ0v) is 12.3. The Morgan fingerprint density at radius 2 is 1.78 bits per heavy atom. The van der Waals surface area contributed by atoms with Gasteiger partial charge in [-0.1, -0.05) is 18.2 Å². The van der Waals surface area contributed by atoms with E-state index in [1.54, 1.807) is 18.3 Å². The van der Waals surface area contributed by atoms with Gasteiger partial charge in [-0.2, -0.15) is 13.2 Å². The maximum absolute atomic E-state index is 13.1. The minimum absolute atomic E-state index is 0.434. The summed E-state index contributed by atoms with van der Waals surface area (Å²) in [5.41, 5.74) is 1.26. The average molecular weight is 328 g/mol. The lowest BCUT2D eigenvalue weighted by Gasteiger charge is -2.31. The van der Waals surface area contributed by atoms with E-state index in [9.17, 15) is 22.7 Å². The van der Waals surface area contributed by atoms with Crippen LogP contribution in [0.2, 0.25) is 0 Å². The normalized spacial score (nSPS) is 14.7. The summed E-state index contributed by atoms with van der Waals surface area (Å²) >= 11 is 0. The van der Waals surface area contributed by atoms with Crippen LogP contribution in [0.1, 0.15) is 17.2 Å². The lowest BCUT2D eigenvalue weighted by Crippen LogP contribution is -2.41. The molecule has 0 saturated carbocycles. The molecule has 0 unspecified atom stereocenters. The first-order chi connectivity index (χ1) is 10.8. The molecule has 1 heterocycles. The number of pyridine rings is 1. The summed E-state index contributed by atoms with van der Waals surface area (Å²) in [5.74, 6) is -0.434. The molecule has 3 nitrogen and oxygen atoms in total. The minimum Gasteiger partial charge on any atom is -0.382 e. The van der Waals surface area contributed by atoms with Crippen LogP contribution in [0, 0.1) is 5.82 Å². The Bertz CT molecular complexity index is 616. The van der Waals surface area contributed by atoms with Crippen molar-refractivity contribution in [3.8, 4) is 0 Å². The van der Waals surface area contributed by atoms with Crippen molar-refractivity contribution in [2.75, 3.05) is 13.6 Å². The highest BCUT2D eigenvalue weighted by molar-refractivity contribution is 5.30. The summed E-state index contributed by atoms with van der Waals surface area (Å²) in [6.07, 6.45) is -4.08. The number of aromatic nitrogens is 1. The largest absolute Gasteiger partial charge is 0.415 e. The van der Waals surface area contributed by atoms with Gasteiger partial charge in [0, 0.05) is 18.9 Å². The van der Waals surface area contributed by atoms with Gasteiger partial charge in [-0.25, -0.2) is 4.39 Å². The van der Waals surface area contributed by atoms with Gasteiger partial charge in [-0.3, -0.25) is 9.88 Å². The predicted octanol–water partition coefficient (Wildman–Crippen LogP) is 3.17. The molecule has 1 N–H and O–H groups in total. The van der Waals surface area contributed by atoms with E-state index in [1.807, 2.05) is 0 Å². The molecule has 2 atom stereocenters. The average Bonchev–Trinajstić information content (AvgIpc) is 2.49. The number of halogens is 4. The number of alkyl halides is 3. The third-order valence-electron chi connectivity index (χ3n) is 3.47. The summed E-state index contributed by atoms with van der Waals surface area (Å²) < 4.78 is 50.9. The number of benzene rings is 1. The Balaban J connectivity index is 2.32. The molecule has 0 bridgehead atoms. The molecular formula is C16H16F4N2O. The molecule has 23 heavy (non-hydrogen) atoms. The number of hydrogen-bond acceptors (Lipinski definition) is 3. The van der Waals surface area contributed by atoms with Gasteiger partial charge in [0.1, 0.15) is 5.82 Å². The van der Waals surface area contributed by atoms with E-state index in [4.69, 9.17) is 0 Å². The molecule has 1 aromatic heterocycles. The molecule has 0 aliphatic carbocycles. The highest BCUT2D eigenvalue weighted by atomic mass is 19.4. The van der Waals surface area contributed by atoms with Crippen LogP contribution in [0.15, 0.2) is 48.8 Å². The molecular weight excluding hydrogens is 312 g/mol. The zero-order valence-electron chi connectivity index (χ0n) is 12.3. The summed E-state index contributed by atoms with van der Waals surface area (Å²) in [7, 11) is 1.47. The molecule has 0 spiro atoms. The smallest absolute Gasteiger partial charge is 0.382 e. The van der Waals surface area contributed by atoms with Crippen molar-refractivity contribution in [3.63, 3.8) is 0 Å². The van der Waals surface area contributed by atoms with Crippen LogP contribution in [0.3, 0.4) is 0 Å². The van der Waals surface area contributed by atoms with Crippen molar-refractivity contribution in [2.24, 2.45) is 0 Å². The minimum atomic E-state index is -4.70. The van der Waals surface area contributed by atoms with E-state index in [1.165, 1.54) is 42.4 Å². The second kappa shape index (κ2) is 7.06. The van der Waals surface area contributed by atoms with Gasteiger partial charge in [0.2, 0.25) is 0 Å². The summed E-state index contributed by atoms with van der Waals surface area (Å²) in [6, 6.07) is 8.30. The molecule has 2 aromatic rings. The Morgan fingerprint density at radius 3 is 2.30 bits per heavy atom. The van der Waals surface area contributed by atoms with E-state index >= 15 is 0 Å². The topological polar surface area (TPSA) is 36.4 Å². The van der Waals surface area contributed by atoms with Crippen LogP contribution < -0.4 is 0 Å². The molecule has 7 heteroatoms. The lowest BCUT2D eigenvalue weighted by atomic mass is 9.98. The van der Waals surface area contributed by atoms with E-state index in [2.05, 4.69) is 4.98 Å². The Hall–Kier alpha value is -1.99. The Labute approximate surface area is 131 Å². The molecule has 0 fully saturated rings. The molecule has 0 amide bonds. The molecule has 1 aromatic carbocycles. The van der Waals surface area contributed by atoms with Crippen molar-refractivity contribution in [3.05, 3.63) is 65.7 Å². The van der Waals surface area contributed by atoms with Crippen molar-refractivity contribution >= 4 is 0 Å². The van der Waals surface area contributed by atoms with Crippen molar-refractivity contribution < 1.29 is 22.7 Å². The Kier molecular flexibility index (Phi) is 5.33. The van der Waals surface area contributed by atoms with Crippen LogP contribution >= 0.6 is 0 Å². The predicted molar refractivity (Wildman–Crippen MR) is 77.2 cm³/mol. The summed E-state index contributed by atoms with van der Waals surface area (Å²) in [5, 5.41) is 9.30. The van der Waals surface area contributed by atoms with Gasteiger partial charge in [-0.15, -0.1) is 0 Å². The molecule has 0 aliphatic heterocycles. The maximum Gasteiger partial charge on any atom is 0.415 e. The standard InChI is InChI=1S/C16H16F4N2O/c1-22(10-14(23)16(18,19)20)15(12-3-2-8-21-9-12)11-4-6-13(17)7-5-11/h2-9,14-15,23H,10H2,1H3/t14-,15+/m0/s1. The lowest BCUT2D eigenvalue weighted by molar-refractivity contribution is -0.208. The SMILES string of the molecule is CN(C[C@H](O)C(F)(F)F)[C@H](c1ccc(F)cc1)c1cccnc1. The number of hydrogen-bond donors (Lipinski definition) is 1. The van der Waals surface area contributed by atoms with Gasteiger partial charge in [0.25, 0.3) is 0 Å². The fourth-order valence-corrected chi connectivity index (χ4v) is 2.37. The maximum atomic E-state index is 13.1. The van der Waals surface area contributed by atoms with Crippen LogP contribution in [-0.4, -0.2) is 40.9 Å². The molecule has 2 rings (SSSR count).